The quantitative estimate of drug-likeness (QED) is 0.698. The summed E-state index contributed by atoms with van der Waals surface area (Å²) in [5, 5.41) is 9.01. The maximum absolute atomic E-state index is 12.0. The lowest BCUT2D eigenvalue weighted by molar-refractivity contribution is -0.142. The average Bonchev–Trinajstić information content (AvgIpc) is 2.29. The van der Waals surface area contributed by atoms with Gasteiger partial charge in [-0.05, 0) is 25.7 Å². The molecule has 1 unspecified atom stereocenters. The Labute approximate surface area is 102 Å². The van der Waals surface area contributed by atoms with Gasteiger partial charge in [0.05, 0.1) is 5.75 Å². The van der Waals surface area contributed by atoms with Gasteiger partial charge in [0.15, 0.2) is 0 Å². The number of piperidine rings is 1. The number of nitrogens with zero attached hydrogens (tertiary/aromatic N) is 1. The molecule has 1 N–H and O–H groups in total. The lowest BCUT2D eigenvalue weighted by Crippen LogP contribution is -2.48. The Morgan fingerprint density at radius 2 is 2.18 bits per heavy atom. The van der Waals surface area contributed by atoms with Gasteiger partial charge in [0.2, 0.25) is 10.0 Å². The van der Waals surface area contributed by atoms with E-state index in [1.54, 1.807) is 0 Å². The summed E-state index contributed by atoms with van der Waals surface area (Å²) in [5.74, 6) is -1.11. The van der Waals surface area contributed by atoms with Crippen molar-refractivity contribution in [2.24, 2.45) is 0 Å². The first-order valence-electron chi connectivity index (χ1n) is 5.70. The maximum atomic E-state index is 12.0. The summed E-state index contributed by atoms with van der Waals surface area (Å²) in [6.45, 7) is 0.678. The Morgan fingerprint density at radius 3 is 2.76 bits per heavy atom. The third-order valence-corrected chi connectivity index (χ3v) is 4.80. The number of carboxylic acid groups (broad SMARTS) is 1. The summed E-state index contributed by atoms with van der Waals surface area (Å²) >= 11 is 0. The van der Waals surface area contributed by atoms with Crippen LogP contribution in [0.25, 0.3) is 0 Å². The summed E-state index contributed by atoms with van der Waals surface area (Å²) in [4.78, 5) is 11.0. The van der Waals surface area contributed by atoms with Crippen LogP contribution in [0, 0.1) is 0 Å². The van der Waals surface area contributed by atoms with E-state index in [2.05, 4.69) is 0 Å². The second-order valence-electron chi connectivity index (χ2n) is 4.12. The van der Waals surface area contributed by atoms with Crippen molar-refractivity contribution in [3.8, 4) is 0 Å². The molecule has 1 rings (SSSR count). The molecule has 0 aromatic carbocycles. The van der Waals surface area contributed by atoms with Crippen molar-refractivity contribution in [3.63, 3.8) is 0 Å². The van der Waals surface area contributed by atoms with Gasteiger partial charge < -0.3 is 9.84 Å². The van der Waals surface area contributed by atoms with E-state index < -0.39 is 22.0 Å². The van der Waals surface area contributed by atoms with Crippen LogP contribution in [0.3, 0.4) is 0 Å². The molecule has 7 heteroatoms. The number of ether oxygens (including phenoxy) is 1. The van der Waals surface area contributed by atoms with Gasteiger partial charge in [-0.25, -0.2) is 8.42 Å². The highest BCUT2D eigenvalue weighted by atomic mass is 32.2. The summed E-state index contributed by atoms with van der Waals surface area (Å²) in [7, 11) is -1.97. The molecule has 0 amide bonds. The van der Waals surface area contributed by atoms with Crippen LogP contribution in [0.2, 0.25) is 0 Å². The van der Waals surface area contributed by atoms with Crippen LogP contribution in [-0.2, 0) is 19.6 Å². The van der Waals surface area contributed by atoms with Gasteiger partial charge in [-0.1, -0.05) is 0 Å². The van der Waals surface area contributed by atoms with Crippen molar-refractivity contribution >= 4 is 16.0 Å². The van der Waals surface area contributed by atoms with Crippen LogP contribution in [0.4, 0.5) is 0 Å². The number of carbonyl (C=O) groups is 1. The average molecular weight is 265 g/mol. The SMILES string of the molecule is COCCCS(=O)(=O)N1CCCCC1C(=O)O. The Bertz CT molecular complexity index is 354. The normalized spacial score (nSPS) is 22.5. The zero-order valence-electron chi connectivity index (χ0n) is 9.96. The molecule has 1 aliphatic rings. The van der Waals surface area contributed by atoms with Crippen molar-refractivity contribution in [2.45, 2.75) is 31.7 Å². The van der Waals surface area contributed by atoms with Crippen LogP contribution in [0.1, 0.15) is 25.7 Å². The standard InChI is InChI=1S/C10H19NO5S/c1-16-7-4-8-17(14,15)11-6-3-2-5-9(11)10(12)13/h9H,2-8H2,1H3,(H,12,13). The van der Waals surface area contributed by atoms with Crippen molar-refractivity contribution in [3.05, 3.63) is 0 Å². The summed E-state index contributed by atoms with van der Waals surface area (Å²) in [6, 6.07) is -0.892. The Kier molecular flexibility index (Phi) is 5.35. The zero-order chi connectivity index (χ0) is 12.9. The van der Waals surface area contributed by atoms with Crippen molar-refractivity contribution < 1.29 is 23.1 Å². The molecular weight excluding hydrogens is 246 g/mol. The molecule has 1 saturated heterocycles. The lowest BCUT2D eigenvalue weighted by Gasteiger charge is -2.31. The van der Waals surface area contributed by atoms with Gasteiger partial charge in [-0.15, -0.1) is 0 Å². The maximum Gasteiger partial charge on any atom is 0.322 e. The van der Waals surface area contributed by atoms with E-state index in [1.165, 1.54) is 7.11 Å². The minimum atomic E-state index is -3.48. The molecule has 0 saturated carbocycles. The zero-order valence-corrected chi connectivity index (χ0v) is 10.8. The molecule has 6 nitrogen and oxygen atoms in total. The third kappa shape index (κ3) is 3.93. The van der Waals surface area contributed by atoms with Gasteiger partial charge in [-0.3, -0.25) is 4.79 Å². The summed E-state index contributed by atoms with van der Waals surface area (Å²) < 4.78 is 29.9. The van der Waals surface area contributed by atoms with Gasteiger partial charge in [-0.2, -0.15) is 4.31 Å². The molecule has 1 fully saturated rings. The fourth-order valence-corrected chi connectivity index (χ4v) is 3.70. The minimum absolute atomic E-state index is 0.0510. The highest BCUT2D eigenvalue weighted by Crippen LogP contribution is 2.21. The molecule has 17 heavy (non-hydrogen) atoms. The number of methoxy groups -OCH3 is 1. The van der Waals surface area contributed by atoms with Crippen LogP contribution in [0.5, 0.6) is 0 Å². The number of carboxylic acids is 1. The molecule has 100 valence electrons. The minimum Gasteiger partial charge on any atom is -0.480 e. The second-order valence-corrected chi connectivity index (χ2v) is 6.16. The molecule has 0 aromatic heterocycles. The van der Waals surface area contributed by atoms with Gasteiger partial charge in [0.25, 0.3) is 0 Å². The van der Waals surface area contributed by atoms with Gasteiger partial charge >= 0.3 is 5.97 Å². The number of rotatable bonds is 6. The highest BCUT2D eigenvalue weighted by Gasteiger charge is 2.36. The van der Waals surface area contributed by atoms with E-state index in [0.717, 1.165) is 17.1 Å². The highest BCUT2D eigenvalue weighted by molar-refractivity contribution is 7.89. The number of hydrogen-bond acceptors (Lipinski definition) is 4. The number of aliphatic carboxylic acids is 1. The summed E-state index contributed by atoms with van der Waals surface area (Å²) in [6.07, 6.45) is 2.29. The molecule has 1 aliphatic heterocycles. The molecule has 0 radical (unpaired) electrons. The van der Waals surface area contributed by atoms with Crippen molar-refractivity contribution in [2.75, 3.05) is 26.0 Å². The van der Waals surface area contributed by atoms with E-state index in [0.29, 0.717) is 26.0 Å². The predicted molar refractivity (Wildman–Crippen MR) is 62.3 cm³/mol. The Balaban J connectivity index is 2.69. The van der Waals surface area contributed by atoms with Crippen molar-refractivity contribution in [1.29, 1.82) is 0 Å². The molecule has 1 atom stereocenters. The largest absolute Gasteiger partial charge is 0.480 e. The first-order chi connectivity index (χ1) is 7.99. The molecule has 0 aliphatic carbocycles. The van der Waals surface area contributed by atoms with Crippen molar-refractivity contribution in [1.82, 2.24) is 4.31 Å². The molecule has 0 aromatic rings. The number of hydrogen-bond donors (Lipinski definition) is 1. The lowest BCUT2D eigenvalue weighted by atomic mass is 10.1. The monoisotopic (exact) mass is 265 g/mol. The van der Waals surface area contributed by atoms with E-state index in [4.69, 9.17) is 9.84 Å². The molecule has 0 spiro atoms. The molecular formula is C10H19NO5S. The van der Waals surface area contributed by atoms with E-state index in [-0.39, 0.29) is 5.75 Å². The molecule has 1 heterocycles. The van der Waals surface area contributed by atoms with Crippen LogP contribution in [-0.4, -0.2) is 55.9 Å². The third-order valence-electron chi connectivity index (χ3n) is 2.85. The summed E-state index contributed by atoms with van der Waals surface area (Å²) in [5.41, 5.74) is 0. The van der Waals surface area contributed by atoms with E-state index in [1.807, 2.05) is 0 Å². The first-order valence-corrected chi connectivity index (χ1v) is 7.31. The fourth-order valence-electron chi connectivity index (χ4n) is 1.99. The first kappa shape index (κ1) is 14.4. The van der Waals surface area contributed by atoms with Crippen LogP contribution >= 0.6 is 0 Å². The Hall–Kier alpha value is -0.660. The second kappa shape index (κ2) is 6.32. The van der Waals surface area contributed by atoms with E-state index >= 15 is 0 Å². The predicted octanol–water partition coefficient (Wildman–Crippen LogP) is 0.292. The van der Waals surface area contributed by atoms with Gasteiger partial charge in [0.1, 0.15) is 6.04 Å². The van der Waals surface area contributed by atoms with Gasteiger partial charge in [0, 0.05) is 20.3 Å². The fraction of sp³-hybridized carbons (Fsp3) is 0.900. The smallest absolute Gasteiger partial charge is 0.322 e. The Morgan fingerprint density at radius 1 is 1.47 bits per heavy atom. The molecule has 0 bridgehead atoms. The van der Waals surface area contributed by atoms with Crippen LogP contribution in [0.15, 0.2) is 0 Å². The topological polar surface area (TPSA) is 83.9 Å². The number of sulfonamides is 1. The van der Waals surface area contributed by atoms with E-state index in [9.17, 15) is 13.2 Å². The van der Waals surface area contributed by atoms with Crippen LogP contribution < -0.4 is 0 Å².